The molecule has 0 aliphatic carbocycles. The second-order valence-corrected chi connectivity index (χ2v) is 6.41. The highest BCUT2D eigenvalue weighted by atomic mass is 15.0. The Kier molecular flexibility index (Phi) is 2.92. The van der Waals surface area contributed by atoms with E-state index in [1.54, 1.807) is 0 Å². The summed E-state index contributed by atoms with van der Waals surface area (Å²) in [5.74, 6) is 0. The minimum Gasteiger partial charge on any atom is -0.294 e. The summed E-state index contributed by atoms with van der Waals surface area (Å²) >= 11 is 0. The number of aryl methyl sites for hydroxylation is 2. The summed E-state index contributed by atoms with van der Waals surface area (Å²) in [6.07, 6.45) is 1.90. The van der Waals surface area contributed by atoms with Crippen LogP contribution in [0.25, 0.3) is 38.6 Å². The van der Waals surface area contributed by atoms with Gasteiger partial charge in [-0.05, 0) is 25.5 Å². The van der Waals surface area contributed by atoms with Gasteiger partial charge >= 0.3 is 0 Å². The zero-order chi connectivity index (χ0) is 17.0. The van der Waals surface area contributed by atoms with Crippen molar-refractivity contribution in [1.82, 2.24) is 14.4 Å². The molecule has 3 nitrogen and oxygen atoms in total. The predicted octanol–water partition coefficient (Wildman–Crippen LogP) is 5.32. The Balaban J connectivity index is 2.11. The molecule has 2 aromatic carbocycles. The van der Waals surface area contributed by atoms with E-state index in [0.717, 1.165) is 38.8 Å². The van der Waals surface area contributed by atoms with Crippen molar-refractivity contribution in [3.8, 4) is 11.1 Å². The molecule has 0 amide bonds. The summed E-state index contributed by atoms with van der Waals surface area (Å²) in [6.45, 7) is 4.20. The first-order valence-electron chi connectivity index (χ1n) is 8.46. The number of pyridine rings is 2. The molecular weight excluding hydrogens is 306 g/mol. The molecule has 0 fully saturated rings. The van der Waals surface area contributed by atoms with Gasteiger partial charge in [-0.25, -0.2) is 4.98 Å². The van der Waals surface area contributed by atoms with E-state index in [-0.39, 0.29) is 0 Å². The smallest absolute Gasteiger partial charge is 0.145 e. The fourth-order valence-corrected chi connectivity index (χ4v) is 3.68. The van der Waals surface area contributed by atoms with Crippen LogP contribution in [-0.4, -0.2) is 14.4 Å². The average molecular weight is 323 g/mol. The number of rotatable bonds is 1. The van der Waals surface area contributed by atoms with Gasteiger partial charge in [-0.2, -0.15) is 0 Å². The lowest BCUT2D eigenvalue weighted by molar-refractivity contribution is 1.14. The van der Waals surface area contributed by atoms with Gasteiger partial charge in [-0.1, -0.05) is 54.6 Å². The van der Waals surface area contributed by atoms with Gasteiger partial charge in [0, 0.05) is 28.2 Å². The number of imidazole rings is 1. The molecule has 0 unspecified atom stereocenters. The van der Waals surface area contributed by atoms with E-state index < -0.39 is 0 Å². The summed E-state index contributed by atoms with van der Waals surface area (Å²) in [7, 11) is 0. The highest BCUT2D eigenvalue weighted by Gasteiger charge is 2.17. The first-order chi connectivity index (χ1) is 12.3. The molecule has 0 atom stereocenters. The predicted molar refractivity (Wildman–Crippen MR) is 103 cm³/mol. The molecule has 120 valence electrons. The summed E-state index contributed by atoms with van der Waals surface area (Å²) in [4.78, 5) is 9.61. The third kappa shape index (κ3) is 1.92. The van der Waals surface area contributed by atoms with Crippen molar-refractivity contribution in [1.29, 1.82) is 0 Å². The van der Waals surface area contributed by atoms with Gasteiger partial charge in [0.2, 0.25) is 0 Å². The van der Waals surface area contributed by atoms with Crippen molar-refractivity contribution in [2.45, 2.75) is 13.8 Å². The van der Waals surface area contributed by atoms with E-state index in [2.05, 4.69) is 72.8 Å². The van der Waals surface area contributed by atoms with Gasteiger partial charge < -0.3 is 0 Å². The Bertz CT molecular complexity index is 1250. The molecule has 5 rings (SSSR count). The largest absolute Gasteiger partial charge is 0.294 e. The number of hydrogen-bond acceptors (Lipinski definition) is 2. The van der Waals surface area contributed by atoms with Crippen LogP contribution in [0.2, 0.25) is 0 Å². The normalized spacial score (nSPS) is 11.6. The summed E-state index contributed by atoms with van der Waals surface area (Å²) < 4.78 is 2.27. The Morgan fingerprint density at radius 2 is 1.52 bits per heavy atom. The average Bonchev–Trinajstić information content (AvgIpc) is 2.97. The number of hydrogen-bond donors (Lipinski definition) is 0. The van der Waals surface area contributed by atoms with Crippen LogP contribution < -0.4 is 0 Å². The third-order valence-corrected chi connectivity index (χ3v) is 5.00. The van der Waals surface area contributed by atoms with Crippen LogP contribution in [0.3, 0.4) is 0 Å². The SMILES string of the molecule is Cc1nc2c3ccccc3c3nccc(-c4ccccc4)c3n2c1C. The molecule has 0 saturated heterocycles. The maximum atomic E-state index is 4.86. The van der Waals surface area contributed by atoms with Crippen LogP contribution in [0.5, 0.6) is 0 Å². The van der Waals surface area contributed by atoms with Gasteiger partial charge in [0.05, 0.1) is 16.7 Å². The molecule has 3 aromatic heterocycles. The summed E-state index contributed by atoms with van der Waals surface area (Å²) in [6, 6.07) is 21.0. The molecule has 0 radical (unpaired) electrons. The van der Waals surface area contributed by atoms with Gasteiger partial charge in [-0.15, -0.1) is 0 Å². The molecule has 25 heavy (non-hydrogen) atoms. The van der Waals surface area contributed by atoms with E-state index in [1.807, 2.05) is 12.3 Å². The molecule has 0 saturated carbocycles. The quantitative estimate of drug-likeness (QED) is 0.391. The van der Waals surface area contributed by atoms with Crippen molar-refractivity contribution in [2.24, 2.45) is 0 Å². The highest BCUT2D eigenvalue weighted by molar-refractivity contribution is 6.13. The number of aromatic nitrogens is 3. The fourth-order valence-electron chi connectivity index (χ4n) is 3.68. The van der Waals surface area contributed by atoms with Crippen LogP contribution in [0.4, 0.5) is 0 Å². The van der Waals surface area contributed by atoms with Crippen LogP contribution in [0.15, 0.2) is 66.9 Å². The molecule has 0 aliphatic rings. The van der Waals surface area contributed by atoms with Crippen molar-refractivity contribution in [3.05, 3.63) is 78.2 Å². The second kappa shape index (κ2) is 5.15. The van der Waals surface area contributed by atoms with Crippen molar-refractivity contribution >= 4 is 27.5 Å². The summed E-state index contributed by atoms with van der Waals surface area (Å²) in [5.41, 5.74) is 7.74. The molecule has 3 heterocycles. The number of fused-ring (bicyclic) bond motifs is 6. The van der Waals surface area contributed by atoms with Crippen LogP contribution in [-0.2, 0) is 0 Å². The zero-order valence-corrected chi connectivity index (χ0v) is 14.2. The topological polar surface area (TPSA) is 30.2 Å². The van der Waals surface area contributed by atoms with Crippen molar-refractivity contribution < 1.29 is 0 Å². The van der Waals surface area contributed by atoms with E-state index in [0.29, 0.717) is 0 Å². The van der Waals surface area contributed by atoms with E-state index in [1.165, 1.54) is 11.1 Å². The lowest BCUT2D eigenvalue weighted by Crippen LogP contribution is -1.97. The summed E-state index contributed by atoms with van der Waals surface area (Å²) in [5, 5.41) is 2.29. The molecular formula is C22H17N3. The van der Waals surface area contributed by atoms with E-state index in [9.17, 15) is 0 Å². The maximum absolute atomic E-state index is 4.86. The van der Waals surface area contributed by atoms with E-state index >= 15 is 0 Å². The fraction of sp³-hybridized carbons (Fsp3) is 0.0909. The molecule has 0 aliphatic heterocycles. The van der Waals surface area contributed by atoms with Gasteiger partial charge in [0.1, 0.15) is 5.65 Å². The Morgan fingerprint density at radius 1 is 0.800 bits per heavy atom. The number of nitrogens with zero attached hydrogens (tertiary/aromatic N) is 3. The highest BCUT2D eigenvalue weighted by Crippen LogP contribution is 2.35. The van der Waals surface area contributed by atoms with Crippen LogP contribution in [0.1, 0.15) is 11.4 Å². The van der Waals surface area contributed by atoms with Crippen LogP contribution >= 0.6 is 0 Å². The molecule has 0 bridgehead atoms. The lowest BCUT2D eigenvalue weighted by Gasteiger charge is -2.13. The zero-order valence-electron chi connectivity index (χ0n) is 14.2. The third-order valence-electron chi connectivity index (χ3n) is 5.00. The van der Waals surface area contributed by atoms with Gasteiger partial charge in [0.15, 0.2) is 0 Å². The van der Waals surface area contributed by atoms with Gasteiger partial charge in [0.25, 0.3) is 0 Å². The standard InChI is InChI=1S/C22H17N3/c1-14-15(2)25-21-17(16-8-4-3-5-9-16)12-13-23-20(21)18-10-6-7-11-19(18)22(25)24-14/h3-13H,1-2H3. The molecule has 5 aromatic rings. The van der Waals surface area contributed by atoms with E-state index in [4.69, 9.17) is 9.97 Å². The lowest BCUT2D eigenvalue weighted by atomic mass is 10.0. The molecule has 0 spiro atoms. The number of benzene rings is 2. The second-order valence-electron chi connectivity index (χ2n) is 6.41. The maximum Gasteiger partial charge on any atom is 0.145 e. The molecule has 3 heteroatoms. The monoisotopic (exact) mass is 323 g/mol. The molecule has 0 N–H and O–H groups in total. The first kappa shape index (κ1) is 14.2. The van der Waals surface area contributed by atoms with Crippen molar-refractivity contribution in [3.63, 3.8) is 0 Å². The van der Waals surface area contributed by atoms with Crippen molar-refractivity contribution in [2.75, 3.05) is 0 Å². The Morgan fingerprint density at radius 3 is 2.32 bits per heavy atom. The minimum absolute atomic E-state index is 1.00. The van der Waals surface area contributed by atoms with Crippen LogP contribution in [0, 0.1) is 13.8 Å². The Labute approximate surface area is 145 Å². The Hall–Kier alpha value is -3.20. The first-order valence-corrected chi connectivity index (χ1v) is 8.46. The minimum atomic E-state index is 1.00. The van der Waals surface area contributed by atoms with Gasteiger partial charge in [-0.3, -0.25) is 9.38 Å².